The van der Waals surface area contributed by atoms with Gasteiger partial charge in [-0.25, -0.2) is 4.98 Å². The lowest BCUT2D eigenvalue weighted by molar-refractivity contribution is 0.0774. The summed E-state index contributed by atoms with van der Waals surface area (Å²) in [6.07, 6.45) is 5.73. The Bertz CT molecular complexity index is 726. The van der Waals surface area contributed by atoms with Crippen LogP contribution < -0.4 is 5.73 Å². The highest BCUT2D eigenvalue weighted by atomic mass is 79.9. The van der Waals surface area contributed by atoms with Crippen LogP contribution in [0.2, 0.25) is 0 Å². The smallest absolute Gasteiger partial charge is 0.274 e. The number of nitrogens with zero attached hydrogens (tertiary/aromatic N) is 3. The summed E-state index contributed by atoms with van der Waals surface area (Å²) in [6.45, 7) is 1.60. The van der Waals surface area contributed by atoms with E-state index in [1.165, 1.54) is 0 Å². The number of fused-ring (bicyclic) bond motifs is 1. The molecule has 0 bridgehead atoms. The second kappa shape index (κ2) is 5.76. The summed E-state index contributed by atoms with van der Waals surface area (Å²) in [6, 6.07) is 8.16. The summed E-state index contributed by atoms with van der Waals surface area (Å²) in [7, 11) is 0. The van der Waals surface area contributed by atoms with E-state index in [1.807, 2.05) is 33.7 Å². The minimum absolute atomic E-state index is 0.0162. The van der Waals surface area contributed by atoms with Crippen LogP contribution in [0.1, 0.15) is 23.3 Å². The van der Waals surface area contributed by atoms with E-state index in [0.29, 0.717) is 17.5 Å². The molecule has 2 heterocycles. The van der Waals surface area contributed by atoms with Gasteiger partial charge in [0.2, 0.25) is 0 Å². The molecule has 1 amide bonds. The normalized spacial score (nSPS) is 26.5. The molecule has 1 aliphatic carbocycles. The van der Waals surface area contributed by atoms with E-state index < -0.39 is 0 Å². The SMILES string of the molecule is NC1CCC2CN(C(=O)c3cn(-c4ccc(Br)cc4)cn3)CC12. The van der Waals surface area contributed by atoms with E-state index in [1.54, 1.807) is 12.5 Å². The van der Waals surface area contributed by atoms with Crippen LogP contribution in [0.4, 0.5) is 0 Å². The molecule has 6 heteroatoms. The predicted octanol–water partition coefficient (Wildman–Crippen LogP) is 2.44. The van der Waals surface area contributed by atoms with Crippen LogP contribution in [0.5, 0.6) is 0 Å². The van der Waals surface area contributed by atoms with Crippen molar-refractivity contribution in [2.45, 2.75) is 18.9 Å². The summed E-state index contributed by atoms with van der Waals surface area (Å²) < 4.78 is 2.90. The third-order valence-corrected chi connectivity index (χ3v) is 5.65. The standard InChI is InChI=1S/C17H19BrN4O/c18-12-2-4-13(5-3-12)22-9-16(20-10-22)17(23)21-7-11-1-6-15(19)14(11)8-21/h2-5,9-11,14-15H,1,6-8,19H2. The Labute approximate surface area is 143 Å². The van der Waals surface area contributed by atoms with Gasteiger partial charge in [-0.3, -0.25) is 4.79 Å². The maximum absolute atomic E-state index is 12.7. The predicted molar refractivity (Wildman–Crippen MR) is 91.4 cm³/mol. The highest BCUT2D eigenvalue weighted by molar-refractivity contribution is 9.10. The average Bonchev–Trinajstić information content (AvgIpc) is 3.25. The Hall–Kier alpha value is -1.66. The number of amides is 1. The molecule has 1 saturated heterocycles. The number of hydrogen-bond acceptors (Lipinski definition) is 3. The molecule has 2 aliphatic rings. The van der Waals surface area contributed by atoms with Gasteiger partial charge in [0.15, 0.2) is 0 Å². The molecule has 5 nitrogen and oxygen atoms in total. The highest BCUT2D eigenvalue weighted by Crippen LogP contribution is 2.37. The lowest BCUT2D eigenvalue weighted by Crippen LogP contribution is -2.33. The van der Waals surface area contributed by atoms with E-state index in [0.717, 1.165) is 36.1 Å². The second-order valence-electron chi connectivity index (χ2n) is 6.52. The van der Waals surface area contributed by atoms with Crippen molar-refractivity contribution in [2.24, 2.45) is 17.6 Å². The third kappa shape index (κ3) is 2.70. The van der Waals surface area contributed by atoms with Crippen molar-refractivity contribution in [3.05, 3.63) is 47.0 Å². The Morgan fingerprint density at radius 1 is 1.22 bits per heavy atom. The lowest BCUT2D eigenvalue weighted by Gasteiger charge is -2.17. The Morgan fingerprint density at radius 2 is 2.00 bits per heavy atom. The fourth-order valence-corrected chi connectivity index (χ4v) is 4.09. The van der Waals surface area contributed by atoms with E-state index >= 15 is 0 Å². The van der Waals surface area contributed by atoms with Crippen LogP contribution in [0.25, 0.3) is 5.69 Å². The topological polar surface area (TPSA) is 64.2 Å². The molecule has 0 spiro atoms. The van der Waals surface area contributed by atoms with E-state index in [-0.39, 0.29) is 11.9 Å². The molecule has 2 N–H and O–H groups in total. The number of carbonyl (C=O) groups is 1. The fraction of sp³-hybridized carbons (Fsp3) is 0.412. The van der Waals surface area contributed by atoms with Crippen LogP contribution in [-0.2, 0) is 0 Å². The van der Waals surface area contributed by atoms with Crippen molar-refractivity contribution in [3.8, 4) is 5.69 Å². The summed E-state index contributed by atoms with van der Waals surface area (Å²) in [4.78, 5) is 18.9. The van der Waals surface area contributed by atoms with Gasteiger partial charge in [-0.1, -0.05) is 15.9 Å². The Kier molecular flexibility index (Phi) is 3.73. The van der Waals surface area contributed by atoms with Gasteiger partial charge >= 0.3 is 0 Å². The number of rotatable bonds is 2. The van der Waals surface area contributed by atoms with Crippen molar-refractivity contribution in [2.75, 3.05) is 13.1 Å². The van der Waals surface area contributed by atoms with Gasteiger partial charge in [0.05, 0.1) is 0 Å². The van der Waals surface area contributed by atoms with Gasteiger partial charge < -0.3 is 15.2 Å². The molecule has 1 saturated carbocycles. The maximum atomic E-state index is 12.7. The number of halogens is 1. The number of carbonyl (C=O) groups excluding carboxylic acids is 1. The minimum Gasteiger partial charge on any atom is -0.337 e. The average molecular weight is 375 g/mol. The third-order valence-electron chi connectivity index (χ3n) is 5.13. The van der Waals surface area contributed by atoms with Gasteiger partial charge in [0.1, 0.15) is 12.0 Å². The van der Waals surface area contributed by atoms with Crippen molar-refractivity contribution in [1.29, 1.82) is 0 Å². The highest BCUT2D eigenvalue weighted by Gasteiger charge is 2.42. The molecule has 3 atom stereocenters. The van der Waals surface area contributed by atoms with E-state index in [9.17, 15) is 4.79 Å². The molecule has 0 radical (unpaired) electrons. The zero-order valence-electron chi connectivity index (χ0n) is 12.7. The summed E-state index contributed by atoms with van der Waals surface area (Å²) in [5, 5.41) is 0. The number of imidazole rings is 1. The molecule has 4 rings (SSSR count). The van der Waals surface area contributed by atoms with Gasteiger partial charge in [-0.2, -0.15) is 0 Å². The van der Waals surface area contributed by atoms with Crippen LogP contribution in [-0.4, -0.2) is 39.5 Å². The van der Waals surface area contributed by atoms with Gasteiger partial charge in [-0.05, 0) is 48.9 Å². The molecule has 1 aliphatic heterocycles. The molecule has 2 fully saturated rings. The molecule has 1 aromatic heterocycles. The molecule has 23 heavy (non-hydrogen) atoms. The van der Waals surface area contributed by atoms with E-state index in [2.05, 4.69) is 20.9 Å². The molecular formula is C17H19BrN4O. The zero-order chi connectivity index (χ0) is 16.0. The van der Waals surface area contributed by atoms with Crippen molar-refractivity contribution >= 4 is 21.8 Å². The fourth-order valence-electron chi connectivity index (χ4n) is 3.82. The number of likely N-dealkylation sites (tertiary alicyclic amines) is 1. The zero-order valence-corrected chi connectivity index (χ0v) is 14.3. The van der Waals surface area contributed by atoms with Gasteiger partial charge in [-0.15, -0.1) is 0 Å². The second-order valence-corrected chi connectivity index (χ2v) is 7.43. The molecule has 1 aromatic carbocycles. The van der Waals surface area contributed by atoms with Crippen molar-refractivity contribution in [3.63, 3.8) is 0 Å². The summed E-state index contributed by atoms with van der Waals surface area (Å²) in [5.74, 6) is 1.05. The van der Waals surface area contributed by atoms with Gasteiger partial charge in [0.25, 0.3) is 5.91 Å². The Balaban J connectivity index is 1.51. The van der Waals surface area contributed by atoms with Crippen LogP contribution in [0, 0.1) is 11.8 Å². The summed E-state index contributed by atoms with van der Waals surface area (Å²) >= 11 is 3.42. The number of benzene rings is 1. The molecule has 120 valence electrons. The lowest BCUT2D eigenvalue weighted by atomic mass is 9.98. The van der Waals surface area contributed by atoms with Crippen LogP contribution in [0.15, 0.2) is 41.3 Å². The quantitative estimate of drug-likeness (QED) is 0.877. The van der Waals surface area contributed by atoms with Crippen LogP contribution in [0.3, 0.4) is 0 Å². The maximum Gasteiger partial charge on any atom is 0.274 e. The minimum atomic E-state index is 0.0162. The number of nitrogens with two attached hydrogens (primary N) is 1. The molecular weight excluding hydrogens is 356 g/mol. The monoisotopic (exact) mass is 374 g/mol. The van der Waals surface area contributed by atoms with E-state index in [4.69, 9.17) is 5.73 Å². The number of hydrogen-bond donors (Lipinski definition) is 1. The first-order valence-corrected chi connectivity index (χ1v) is 8.76. The largest absolute Gasteiger partial charge is 0.337 e. The first kappa shape index (κ1) is 14.9. The first-order valence-electron chi connectivity index (χ1n) is 7.96. The van der Waals surface area contributed by atoms with Crippen molar-refractivity contribution < 1.29 is 4.79 Å². The Morgan fingerprint density at radius 3 is 2.74 bits per heavy atom. The summed E-state index contributed by atoms with van der Waals surface area (Å²) in [5.41, 5.74) is 7.64. The molecule has 2 aromatic rings. The first-order chi connectivity index (χ1) is 11.1. The number of aromatic nitrogens is 2. The van der Waals surface area contributed by atoms with Crippen LogP contribution >= 0.6 is 15.9 Å². The van der Waals surface area contributed by atoms with Gasteiger partial charge in [0, 0.05) is 35.5 Å². The molecule has 3 unspecified atom stereocenters. The van der Waals surface area contributed by atoms with Crippen molar-refractivity contribution in [1.82, 2.24) is 14.5 Å².